The molecule has 3 rings (SSSR count). The first-order valence-corrected chi connectivity index (χ1v) is 8.59. The SMILES string of the molecule is C[C@](O)(CNC(=O)NCCc1ccc2c(c1)CCO2)c1ccccc1. The van der Waals surface area contributed by atoms with Gasteiger partial charge in [-0.1, -0.05) is 42.5 Å². The van der Waals surface area contributed by atoms with Crippen molar-refractivity contribution in [1.82, 2.24) is 10.6 Å². The van der Waals surface area contributed by atoms with Crippen LogP contribution in [0.1, 0.15) is 23.6 Å². The Hall–Kier alpha value is -2.53. The van der Waals surface area contributed by atoms with Gasteiger partial charge in [0.25, 0.3) is 0 Å². The fraction of sp³-hybridized carbons (Fsp3) is 0.350. The highest BCUT2D eigenvalue weighted by Crippen LogP contribution is 2.25. The zero-order valence-corrected chi connectivity index (χ0v) is 14.4. The number of amides is 2. The van der Waals surface area contributed by atoms with E-state index in [-0.39, 0.29) is 12.6 Å². The lowest BCUT2D eigenvalue weighted by Crippen LogP contribution is -2.43. The number of benzene rings is 2. The molecule has 0 saturated heterocycles. The maximum Gasteiger partial charge on any atom is 0.314 e. The van der Waals surface area contributed by atoms with Crippen molar-refractivity contribution in [3.8, 4) is 5.75 Å². The molecular formula is C20H24N2O3. The number of aliphatic hydroxyl groups is 1. The smallest absolute Gasteiger partial charge is 0.314 e. The van der Waals surface area contributed by atoms with Crippen LogP contribution in [0.2, 0.25) is 0 Å². The van der Waals surface area contributed by atoms with Gasteiger partial charge in [-0.2, -0.15) is 0 Å². The minimum atomic E-state index is -1.10. The van der Waals surface area contributed by atoms with Gasteiger partial charge in [0.05, 0.1) is 13.2 Å². The largest absolute Gasteiger partial charge is 0.493 e. The zero-order chi connectivity index (χ0) is 17.7. The molecule has 1 heterocycles. The molecule has 3 N–H and O–H groups in total. The van der Waals surface area contributed by atoms with Crippen LogP contribution < -0.4 is 15.4 Å². The van der Waals surface area contributed by atoms with Crippen molar-refractivity contribution in [3.63, 3.8) is 0 Å². The molecule has 0 fully saturated rings. The second kappa shape index (κ2) is 7.57. The summed E-state index contributed by atoms with van der Waals surface area (Å²) in [5, 5.41) is 16.0. The van der Waals surface area contributed by atoms with Gasteiger partial charge in [-0.25, -0.2) is 4.79 Å². The molecule has 2 amide bonds. The van der Waals surface area contributed by atoms with Crippen LogP contribution in [0.4, 0.5) is 4.79 Å². The number of hydrogen-bond donors (Lipinski definition) is 3. The van der Waals surface area contributed by atoms with Crippen molar-refractivity contribution in [2.24, 2.45) is 0 Å². The van der Waals surface area contributed by atoms with E-state index in [1.807, 2.05) is 42.5 Å². The van der Waals surface area contributed by atoms with E-state index in [4.69, 9.17) is 4.74 Å². The molecule has 0 aromatic heterocycles. The monoisotopic (exact) mass is 340 g/mol. The molecule has 1 aliphatic heterocycles. The molecule has 0 radical (unpaired) electrons. The highest BCUT2D eigenvalue weighted by atomic mass is 16.5. The van der Waals surface area contributed by atoms with Crippen LogP contribution >= 0.6 is 0 Å². The van der Waals surface area contributed by atoms with Gasteiger partial charge in [-0.3, -0.25) is 0 Å². The number of hydrogen-bond acceptors (Lipinski definition) is 3. The molecule has 0 aliphatic carbocycles. The maximum absolute atomic E-state index is 11.9. The van der Waals surface area contributed by atoms with Crippen molar-refractivity contribution < 1.29 is 14.6 Å². The number of fused-ring (bicyclic) bond motifs is 1. The number of carbonyl (C=O) groups is 1. The molecule has 0 saturated carbocycles. The molecule has 0 bridgehead atoms. The Morgan fingerprint density at radius 1 is 1.20 bits per heavy atom. The average Bonchev–Trinajstić information content (AvgIpc) is 3.09. The van der Waals surface area contributed by atoms with Gasteiger partial charge in [-0.15, -0.1) is 0 Å². The Labute approximate surface area is 148 Å². The molecular weight excluding hydrogens is 316 g/mol. The summed E-state index contributed by atoms with van der Waals surface area (Å²) in [6.45, 7) is 3.13. The molecule has 2 aromatic carbocycles. The first-order chi connectivity index (χ1) is 12.0. The first kappa shape index (κ1) is 17.3. The maximum atomic E-state index is 11.9. The summed E-state index contributed by atoms with van der Waals surface area (Å²) in [4.78, 5) is 11.9. The van der Waals surface area contributed by atoms with Gasteiger partial charge < -0.3 is 20.5 Å². The number of nitrogens with one attached hydrogen (secondary N) is 2. The zero-order valence-electron chi connectivity index (χ0n) is 14.4. The van der Waals surface area contributed by atoms with E-state index in [0.29, 0.717) is 6.54 Å². The summed E-state index contributed by atoms with van der Waals surface area (Å²) in [7, 11) is 0. The van der Waals surface area contributed by atoms with Gasteiger partial charge >= 0.3 is 6.03 Å². The first-order valence-electron chi connectivity index (χ1n) is 8.59. The van der Waals surface area contributed by atoms with Crippen LogP contribution in [0.15, 0.2) is 48.5 Å². The van der Waals surface area contributed by atoms with E-state index < -0.39 is 5.60 Å². The van der Waals surface area contributed by atoms with E-state index in [1.54, 1.807) is 6.92 Å². The normalized spacial score (nSPS) is 15.0. The van der Waals surface area contributed by atoms with Crippen LogP contribution in [0, 0.1) is 0 Å². The van der Waals surface area contributed by atoms with Crippen LogP contribution in [-0.2, 0) is 18.4 Å². The summed E-state index contributed by atoms with van der Waals surface area (Å²) in [6.07, 6.45) is 1.71. The third-order valence-electron chi connectivity index (χ3n) is 4.44. The molecule has 132 valence electrons. The molecule has 1 aliphatic rings. The Balaban J connectivity index is 1.42. The van der Waals surface area contributed by atoms with Gasteiger partial charge in [0.15, 0.2) is 0 Å². The molecule has 5 heteroatoms. The second-order valence-electron chi connectivity index (χ2n) is 6.54. The van der Waals surface area contributed by atoms with Gasteiger partial charge in [-0.05, 0) is 36.1 Å². The summed E-state index contributed by atoms with van der Waals surface area (Å²) < 4.78 is 5.49. The third kappa shape index (κ3) is 4.51. The molecule has 2 aromatic rings. The summed E-state index contributed by atoms with van der Waals surface area (Å²) in [6, 6.07) is 15.2. The minimum absolute atomic E-state index is 0.152. The van der Waals surface area contributed by atoms with E-state index in [9.17, 15) is 9.90 Å². The summed E-state index contributed by atoms with van der Waals surface area (Å²) in [5.74, 6) is 0.970. The van der Waals surface area contributed by atoms with Crippen molar-refractivity contribution in [2.45, 2.75) is 25.4 Å². The number of rotatable bonds is 6. The van der Waals surface area contributed by atoms with Crippen molar-refractivity contribution in [2.75, 3.05) is 19.7 Å². The minimum Gasteiger partial charge on any atom is -0.493 e. The average molecular weight is 340 g/mol. The Kier molecular flexibility index (Phi) is 5.24. The molecule has 0 spiro atoms. The van der Waals surface area contributed by atoms with Crippen LogP contribution in [0.3, 0.4) is 0 Å². The number of urea groups is 1. The lowest BCUT2D eigenvalue weighted by atomic mass is 9.96. The fourth-order valence-electron chi connectivity index (χ4n) is 2.93. The highest BCUT2D eigenvalue weighted by Gasteiger charge is 2.23. The lowest BCUT2D eigenvalue weighted by molar-refractivity contribution is 0.0594. The van der Waals surface area contributed by atoms with Crippen LogP contribution in [-0.4, -0.2) is 30.8 Å². The Morgan fingerprint density at radius 3 is 2.80 bits per heavy atom. The predicted molar refractivity (Wildman–Crippen MR) is 96.8 cm³/mol. The molecule has 0 unspecified atom stereocenters. The van der Waals surface area contributed by atoms with E-state index in [2.05, 4.69) is 16.7 Å². The highest BCUT2D eigenvalue weighted by molar-refractivity contribution is 5.73. The van der Waals surface area contributed by atoms with Gasteiger partial charge in [0.1, 0.15) is 11.4 Å². The third-order valence-corrected chi connectivity index (χ3v) is 4.44. The van der Waals surface area contributed by atoms with Crippen LogP contribution in [0.25, 0.3) is 0 Å². The fourth-order valence-corrected chi connectivity index (χ4v) is 2.93. The van der Waals surface area contributed by atoms with Gasteiger partial charge in [0.2, 0.25) is 0 Å². The van der Waals surface area contributed by atoms with Gasteiger partial charge in [0, 0.05) is 13.0 Å². The standard InChI is InChI=1S/C20H24N2O3/c1-20(24,17-5-3-2-4-6-17)14-22-19(23)21-11-9-15-7-8-18-16(13-15)10-12-25-18/h2-8,13,24H,9-12,14H2,1H3,(H2,21,22,23)/t20-/m0/s1. The van der Waals surface area contributed by atoms with Crippen LogP contribution in [0.5, 0.6) is 5.75 Å². The molecule has 1 atom stereocenters. The quantitative estimate of drug-likeness (QED) is 0.756. The topological polar surface area (TPSA) is 70.6 Å². The lowest BCUT2D eigenvalue weighted by Gasteiger charge is -2.24. The summed E-state index contributed by atoms with van der Waals surface area (Å²) in [5.41, 5.74) is 2.09. The number of carbonyl (C=O) groups excluding carboxylic acids is 1. The predicted octanol–water partition coefficient (Wildman–Crippen LogP) is 2.37. The van der Waals surface area contributed by atoms with Crippen molar-refractivity contribution >= 4 is 6.03 Å². The van der Waals surface area contributed by atoms with E-state index in [0.717, 1.165) is 30.8 Å². The van der Waals surface area contributed by atoms with E-state index >= 15 is 0 Å². The second-order valence-corrected chi connectivity index (χ2v) is 6.54. The molecule has 25 heavy (non-hydrogen) atoms. The Bertz CT molecular complexity index is 729. The summed E-state index contributed by atoms with van der Waals surface area (Å²) >= 11 is 0. The van der Waals surface area contributed by atoms with E-state index in [1.165, 1.54) is 11.1 Å². The molecule has 5 nitrogen and oxygen atoms in total. The van der Waals surface area contributed by atoms with Crippen molar-refractivity contribution in [3.05, 3.63) is 65.2 Å². The van der Waals surface area contributed by atoms with Crippen molar-refractivity contribution in [1.29, 1.82) is 0 Å². The Morgan fingerprint density at radius 2 is 2.00 bits per heavy atom. The number of ether oxygens (including phenoxy) is 1.